The molecule has 1 aliphatic rings. The van der Waals surface area contributed by atoms with Crippen molar-refractivity contribution in [1.82, 2.24) is 10.0 Å². The second kappa shape index (κ2) is 8.35. The molecule has 0 bridgehead atoms. The average molecular weight is 304 g/mol. The van der Waals surface area contributed by atoms with Gasteiger partial charge < -0.3 is 5.32 Å². The molecule has 0 saturated carbocycles. The van der Waals surface area contributed by atoms with Crippen molar-refractivity contribution in [2.75, 3.05) is 18.8 Å². The maximum Gasteiger partial charge on any atom is 0.211 e. The molecule has 4 nitrogen and oxygen atoms in total. The van der Waals surface area contributed by atoms with Crippen molar-refractivity contribution >= 4 is 10.0 Å². The molecule has 0 aromatic rings. The number of hydrogen-bond donors (Lipinski definition) is 2. The van der Waals surface area contributed by atoms with Gasteiger partial charge in [-0.05, 0) is 43.6 Å². The number of piperidine rings is 1. The van der Waals surface area contributed by atoms with Gasteiger partial charge in [0.2, 0.25) is 10.0 Å². The van der Waals surface area contributed by atoms with E-state index in [4.69, 9.17) is 0 Å². The molecule has 1 unspecified atom stereocenters. The first-order chi connectivity index (χ1) is 9.32. The molecule has 1 saturated heterocycles. The summed E-state index contributed by atoms with van der Waals surface area (Å²) >= 11 is 0. The smallest absolute Gasteiger partial charge is 0.211 e. The van der Waals surface area contributed by atoms with Crippen LogP contribution in [0, 0.1) is 17.8 Å². The number of rotatable bonds is 8. The highest BCUT2D eigenvalue weighted by molar-refractivity contribution is 7.89. The van der Waals surface area contributed by atoms with E-state index in [2.05, 4.69) is 37.7 Å². The minimum Gasteiger partial charge on any atom is -0.314 e. The maximum atomic E-state index is 12.1. The zero-order valence-electron chi connectivity index (χ0n) is 13.5. The van der Waals surface area contributed by atoms with Crippen LogP contribution in [0.5, 0.6) is 0 Å². The Hall–Kier alpha value is -0.130. The van der Waals surface area contributed by atoms with Crippen LogP contribution in [0.2, 0.25) is 0 Å². The van der Waals surface area contributed by atoms with Crippen molar-refractivity contribution < 1.29 is 8.42 Å². The lowest BCUT2D eigenvalue weighted by Crippen LogP contribution is -2.39. The molecule has 0 aromatic carbocycles. The van der Waals surface area contributed by atoms with Gasteiger partial charge in [0.05, 0.1) is 5.75 Å². The van der Waals surface area contributed by atoms with E-state index in [1.54, 1.807) is 0 Å². The van der Waals surface area contributed by atoms with E-state index < -0.39 is 10.0 Å². The first kappa shape index (κ1) is 17.9. The van der Waals surface area contributed by atoms with Crippen LogP contribution in [0.25, 0.3) is 0 Å². The lowest BCUT2D eigenvalue weighted by atomic mass is 9.86. The van der Waals surface area contributed by atoms with Crippen molar-refractivity contribution in [2.45, 2.75) is 59.4 Å². The van der Waals surface area contributed by atoms with Crippen LogP contribution in [-0.4, -0.2) is 33.3 Å². The number of sulfonamides is 1. The zero-order valence-corrected chi connectivity index (χ0v) is 14.3. The highest BCUT2D eigenvalue weighted by Gasteiger charge is 2.21. The largest absolute Gasteiger partial charge is 0.314 e. The van der Waals surface area contributed by atoms with E-state index in [0.29, 0.717) is 30.3 Å². The number of nitrogens with one attached hydrogen (secondary N) is 2. The normalized spacial score (nSPS) is 21.1. The monoisotopic (exact) mass is 304 g/mol. The molecule has 1 atom stereocenters. The summed E-state index contributed by atoms with van der Waals surface area (Å²) in [6.07, 6.45) is 4.26. The molecular formula is C15H32N2O2S. The molecule has 120 valence electrons. The van der Waals surface area contributed by atoms with E-state index in [-0.39, 0.29) is 5.75 Å². The zero-order chi connectivity index (χ0) is 15.2. The van der Waals surface area contributed by atoms with Crippen LogP contribution in [-0.2, 0) is 10.0 Å². The third-order valence-electron chi connectivity index (χ3n) is 4.40. The minimum absolute atomic E-state index is 0.244. The van der Waals surface area contributed by atoms with Crippen molar-refractivity contribution in [2.24, 2.45) is 17.8 Å². The summed E-state index contributed by atoms with van der Waals surface area (Å²) in [6, 6.07) is 0.381. The van der Waals surface area contributed by atoms with Gasteiger partial charge in [-0.15, -0.1) is 0 Å². The Balaban J connectivity index is 2.36. The van der Waals surface area contributed by atoms with E-state index in [0.717, 1.165) is 19.4 Å². The van der Waals surface area contributed by atoms with Crippen LogP contribution in [0.15, 0.2) is 0 Å². The fourth-order valence-electron chi connectivity index (χ4n) is 3.00. The second-order valence-corrected chi connectivity index (χ2v) is 8.68. The molecule has 1 heterocycles. The van der Waals surface area contributed by atoms with Gasteiger partial charge in [0.25, 0.3) is 0 Å². The van der Waals surface area contributed by atoms with Crippen molar-refractivity contribution in [3.8, 4) is 0 Å². The molecule has 20 heavy (non-hydrogen) atoms. The first-order valence-corrected chi connectivity index (χ1v) is 9.67. The molecule has 0 amide bonds. The summed E-state index contributed by atoms with van der Waals surface area (Å²) in [6.45, 7) is 10.2. The van der Waals surface area contributed by atoms with Crippen molar-refractivity contribution in [3.05, 3.63) is 0 Å². The summed E-state index contributed by atoms with van der Waals surface area (Å²) < 4.78 is 27.0. The molecule has 0 spiro atoms. The maximum absolute atomic E-state index is 12.1. The molecule has 0 aromatic heterocycles. The van der Waals surface area contributed by atoms with Gasteiger partial charge in [-0.2, -0.15) is 0 Å². The Morgan fingerprint density at radius 3 is 2.30 bits per heavy atom. The van der Waals surface area contributed by atoms with Gasteiger partial charge in [0.1, 0.15) is 0 Å². The van der Waals surface area contributed by atoms with E-state index >= 15 is 0 Å². The van der Waals surface area contributed by atoms with Crippen LogP contribution in [0.1, 0.15) is 53.4 Å². The fraction of sp³-hybridized carbons (Fsp3) is 1.00. The SMILES string of the molecule is CC(C)C(CNS(=O)(=O)CCC1CCCCN1)C(C)C. The lowest BCUT2D eigenvalue weighted by molar-refractivity contribution is 0.289. The Bertz CT molecular complexity index is 352. The van der Waals surface area contributed by atoms with Crippen molar-refractivity contribution in [1.29, 1.82) is 0 Å². The molecule has 5 heteroatoms. The summed E-state index contributed by atoms with van der Waals surface area (Å²) in [7, 11) is -3.13. The van der Waals surface area contributed by atoms with E-state index in [1.807, 2.05) is 0 Å². The first-order valence-electron chi connectivity index (χ1n) is 8.02. The van der Waals surface area contributed by atoms with E-state index in [9.17, 15) is 8.42 Å². The predicted molar refractivity (Wildman–Crippen MR) is 85.2 cm³/mol. The standard InChI is InChI=1S/C15H32N2O2S/c1-12(2)15(13(3)4)11-17-20(18,19)10-8-14-7-5-6-9-16-14/h12-17H,5-11H2,1-4H3. The Kier molecular flexibility index (Phi) is 7.48. The van der Waals surface area contributed by atoms with Gasteiger partial charge in [-0.1, -0.05) is 34.1 Å². The fourth-order valence-corrected chi connectivity index (χ4v) is 4.19. The molecule has 0 radical (unpaired) electrons. The van der Waals surface area contributed by atoms with Crippen LogP contribution < -0.4 is 10.0 Å². The topological polar surface area (TPSA) is 58.2 Å². The third kappa shape index (κ3) is 6.55. The molecule has 1 aliphatic heterocycles. The highest BCUT2D eigenvalue weighted by atomic mass is 32.2. The predicted octanol–water partition coefficient (Wildman–Crippen LogP) is 2.37. The highest BCUT2D eigenvalue weighted by Crippen LogP contribution is 2.19. The summed E-state index contributed by atoms with van der Waals surface area (Å²) in [5.74, 6) is 1.64. The number of hydrogen-bond acceptors (Lipinski definition) is 3. The second-order valence-electron chi connectivity index (χ2n) is 6.75. The third-order valence-corrected chi connectivity index (χ3v) is 5.78. The van der Waals surface area contributed by atoms with Crippen LogP contribution >= 0.6 is 0 Å². The van der Waals surface area contributed by atoms with Crippen molar-refractivity contribution in [3.63, 3.8) is 0 Å². The average Bonchev–Trinajstić information content (AvgIpc) is 2.37. The van der Waals surface area contributed by atoms with Crippen LogP contribution in [0.3, 0.4) is 0 Å². The molecule has 1 rings (SSSR count). The van der Waals surface area contributed by atoms with Crippen LogP contribution in [0.4, 0.5) is 0 Å². The Labute approximate surface area is 125 Å². The van der Waals surface area contributed by atoms with Gasteiger partial charge in [0.15, 0.2) is 0 Å². The summed E-state index contributed by atoms with van der Waals surface area (Å²) in [5, 5.41) is 3.40. The molecular weight excluding hydrogens is 272 g/mol. The van der Waals surface area contributed by atoms with Gasteiger partial charge in [-0.3, -0.25) is 0 Å². The van der Waals surface area contributed by atoms with Gasteiger partial charge >= 0.3 is 0 Å². The van der Waals surface area contributed by atoms with Gasteiger partial charge in [0, 0.05) is 12.6 Å². The summed E-state index contributed by atoms with van der Waals surface area (Å²) in [4.78, 5) is 0. The quantitative estimate of drug-likeness (QED) is 0.724. The lowest BCUT2D eigenvalue weighted by Gasteiger charge is -2.26. The van der Waals surface area contributed by atoms with Gasteiger partial charge in [-0.25, -0.2) is 13.1 Å². The molecule has 2 N–H and O–H groups in total. The summed E-state index contributed by atoms with van der Waals surface area (Å²) in [5.41, 5.74) is 0. The molecule has 0 aliphatic carbocycles. The Morgan fingerprint density at radius 1 is 1.15 bits per heavy atom. The Morgan fingerprint density at radius 2 is 1.80 bits per heavy atom. The van der Waals surface area contributed by atoms with E-state index in [1.165, 1.54) is 12.8 Å². The molecule has 1 fully saturated rings. The minimum atomic E-state index is -3.13.